The first-order valence-electron chi connectivity index (χ1n) is 3.71. The zero-order valence-electron chi connectivity index (χ0n) is 7.55. The Morgan fingerprint density at radius 3 is 2.58 bits per heavy atom. The van der Waals surface area contributed by atoms with E-state index in [0.29, 0.717) is 12.1 Å². The van der Waals surface area contributed by atoms with Gasteiger partial charge in [-0.05, 0) is 11.6 Å². The van der Waals surface area contributed by atoms with Crippen molar-refractivity contribution in [2.24, 2.45) is 0 Å². The Bertz CT molecular complexity index is 228. The molecule has 0 unspecified atom stereocenters. The molecule has 1 aromatic carbocycles. The molecule has 3 heteroatoms. The third-order valence-electron chi connectivity index (χ3n) is 1.46. The van der Waals surface area contributed by atoms with Crippen LogP contribution >= 0.6 is 0 Å². The minimum atomic E-state index is -0.162. The molecule has 0 N–H and O–H groups in total. The van der Waals surface area contributed by atoms with Crippen LogP contribution in [0.5, 0.6) is 0 Å². The summed E-state index contributed by atoms with van der Waals surface area (Å²) < 4.78 is 12.9. The van der Waals surface area contributed by atoms with Crippen molar-refractivity contribution < 1.29 is 23.3 Å². The van der Waals surface area contributed by atoms with Crippen molar-refractivity contribution in [2.45, 2.75) is 13.5 Å². The number of benzene rings is 1. The third-order valence-corrected chi connectivity index (χ3v) is 1.46. The van der Waals surface area contributed by atoms with E-state index >= 15 is 0 Å². The monoisotopic (exact) mass is 159 g/mol. The summed E-state index contributed by atoms with van der Waals surface area (Å²) in [4.78, 5) is 0. The van der Waals surface area contributed by atoms with Crippen LogP contribution in [0.25, 0.3) is 5.32 Å². The normalized spacial score (nSPS) is 9.17. The van der Waals surface area contributed by atoms with E-state index in [4.69, 9.17) is 0 Å². The van der Waals surface area contributed by atoms with Gasteiger partial charge in [-0.2, -0.15) is 6.54 Å². The number of halogens is 1. The van der Waals surface area contributed by atoms with E-state index in [1.165, 1.54) is 6.07 Å². The molecule has 0 aliphatic carbocycles. The van der Waals surface area contributed by atoms with Gasteiger partial charge in [0, 0.05) is 0 Å². The number of nitrogens with zero attached hydrogens (tertiary/aromatic N) is 1. The zero-order valence-corrected chi connectivity index (χ0v) is 7.55. The minimum absolute atomic E-state index is 0. The Morgan fingerprint density at radius 1 is 1.33 bits per heavy atom. The molecule has 0 spiro atoms. The van der Waals surface area contributed by atoms with Gasteiger partial charge in [0.1, 0.15) is 5.82 Å². The summed E-state index contributed by atoms with van der Waals surface area (Å²) in [5.74, 6) is -0.162. The largest absolute Gasteiger partial charge is 1.00 e. The molecule has 0 amide bonds. The fourth-order valence-corrected chi connectivity index (χ4v) is 0.859. The Balaban J connectivity index is 0.00000121. The Morgan fingerprint density at radius 2 is 2.00 bits per heavy atom. The third kappa shape index (κ3) is 3.40. The maximum absolute atomic E-state index is 12.9. The van der Waals surface area contributed by atoms with Crippen LogP contribution in [0.3, 0.4) is 0 Å². The van der Waals surface area contributed by atoms with Crippen molar-refractivity contribution in [3.8, 4) is 0 Å². The van der Waals surface area contributed by atoms with Gasteiger partial charge in [-0.25, -0.2) is 4.39 Å². The van der Waals surface area contributed by atoms with E-state index in [1.54, 1.807) is 12.1 Å². The standard InChI is InChI=1S/C9H11FN.Li/c1-2-11-7-8-5-3-4-6-9(8)10;/h3-6H,2,7H2,1H3;/q-1;+1. The fourth-order valence-electron chi connectivity index (χ4n) is 0.859. The minimum Gasteiger partial charge on any atom is -0.659 e. The van der Waals surface area contributed by atoms with Gasteiger partial charge in [-0.3, -0.25) is 0 Å². The molecular weight excluding hydrogens is 148 g/mol. The summed E-state index contributed by atoms with van der Waals surface area (Å²) in [5, 5.41) is 4.06. The average Bonchev–Trinajstić information content (AvgIpc) is 2.03. The smallest absolute Gasteiger partial charge is 0.659 e. The van der Waals surface area contributed by atoms with Gasteiger partial charge in [0.15, 0.2) is 0 Å². The molecule has 60 valence electrons. The molecule has 0 aromatic heterocycles. The first kappa shape index (κ1) is 11.7. The van der Waals surface area contributed by atoms with Crippen LogP contribution in [-0.4, -0.2) is 6.54 Å². The van der Waals surface area contributed by atoms with Gasteiger partial charge in [0.25, 0.3) is 0 Å². The van der Waals surface area contributed by atoms with Crippen LogP contribution in [0.4, 0.5) is 4.39 Å². The second-order valence-electron chi connectivity index (χ2n) is 2.29. The van der Waals surface area contributed by atoms with E-state index in [9.17, 15) is 4.39 Å². The first-order chi connectivity index (χ1) is 5.34. The van der Waals surface area contributed by atoms with Gasteiger partial charge in [-0.1, -0.05) is 25.1 Å². The molecule has 0 saturated heterocycles. The number of hydrogen-bond donors (Lipinski definition) is 0. The predicted molar refractivity (Wildman–Crippen MR) is 44.0 cm³/mol. The van der Waals surface area contributed by atoms with Crippen molar-refractivity contribution in [3.63, 3.8) is 0 Å². The van der Waals surface area contributed by atoms with Gasteiger partial charge < -0.3 is 5.32 Å². The Hall–Kier alpha value is -0.293. The quantitative estimate of drug-likeness (QED) is 0.539. The van der Waals surface area contributed by atoms with E-state index < -0.39 is 0 Å². The zero-order chi connectivity index (χ0) is 8.10. The molecular formula is C9H11FLiN. The molecule has 0 aliphatic heterocycles. The van der Waals surface area contributed by atoms with Crippen LogP contribution in [0.2, 0.25) is 0 Å². The molecule has 0 saturated carbocycles. The maximum atomic E-state index is 12.9. The maximum Gasteiger partial charge on any atom is 1.00 e. The fraction of sp³-hybridized carbons (Fsp3) is 0.333. The van der Waals surface area contributed by atoms with Crippen LogP contribution < -0.4 is 18.9 Å². The van der Waals surface area contributed by atoms with Crippen LogP contribution in [0.1, 0.15) is 12.5 Å². The van der Waals surface area contributed by atoms with Gasteiger partial charge in [-0.15, -0.1) is 6.54 Å². The molecule has 1 aromatic rings. The van der Waals surface area contributed by atoms with Crippen LogP contribution in [-0.2, 0) is 6.54 Å². The van der Waals surface area contributed by atoms with Crippen molar-refractivity contribution >= 4 is 0 Å². The molecule has 1 rings (SSSR count). The van der Waals surface area contributed by atoms with Crippen LogP contribution in [0, 0.1) is 5.82 Å². The van der Waals surface area contributed by atoms with Crippen LogP contribution in [0.15, 0.2) is 24.3 Å². The topological polar surface area (TPSA) is 14.1 Å². The molecule has 1 nitrogen and oxygen atoms in total. The van der Waals surface area contributed by atoms with Gasteiger partial charge in [0.05, 0.1) is 0 Å². The summed E-state index contributed by atoms with van der Waals surface area (Å²) in [6.45, 7) is 3.18. The van der Waals surface area contributed by atoms with E-state index in [0.717, 1.165) is 6.54 Å². The predicted octanol–water partition coefficient (Wildman–Crippen LogP) is -0.277. The van der Waals surface area contributed by atoms with E-state index in [1.807, 2.05) is 13.0 Å². The van der Waals surface area contributed by atoms with Crippen molar-refractivity contribution in [3.05, 3.63) is 41.0 Å². The van der Waals surface area contributed by atoms with Gasteiger partial charge in [0.2, 0.25) is 0 Å². The Labute approximate surface area is 84.5 Å². The van der Waals surface area contributed by atoms with Crippen molar-refractivity contribution in [2.75, 3.05) is 6.54 Å². The molecule has 12 heavy (non-hydrogen) atoms. The van der Waals surface area contributed by atoms with E-state index in [-0.39, 0.29) is 24.7 Å². The summed E-state index contributed by atoms with van der Waals surface area (Å²) in [6, 6.07) is 6.73. The second kappa shape index (κ2) is 6.25. The Kier molecular flexibility index (Phi) is 6.10. The summed E-state index contributed by atoms with van der Waals surface area (Å²) in [6.07, 6.45) is 0. The second-order valence-corrected chi connectivity index (χ2v) is 2.29. The first-order valence-corrected chi connectivity index (χ1v) is 3.71. The van der Waals surface area contributed by atoms with Crippen molar-refractivity contribution in [1.82, 2.24) is 0 Å². The average molecular weight is 159 g/mol. The molecule has 0 fully saturated rings. The molecule has 0 atom stereocenters. The number of hydrogen-bond acceptors (Lipinski definition) is 0. The summed E-state index contributed by atoms with van der Waals surface area (Å²) >= 11 is 0. The number of rotatable bonds is 3. The summed E-state index contributed by atoms with van der Waals surface area (Å²) in [7, 11) is 0. The summed E-state index contributed by atoms with van der Waals surface area (Å²) in [5.41, 5.74) is 0.675. The van der Waals surface area contributed by atoms with Gasteiger partial charge >= 0.3 is 18.9 Å². The molecule has 0 bridgehead atoms. The molecule has 0 radical (unpaired) electrons. The van der Waals surface area contributed by atoms with E-state index in [2.05, 4.69) is 5.32 Å². The molecule has 0 aliphatic rings. The van der Waals surface area contributed by atoms with Crippen molar-refractivity contribution in [1.29, 1.82) is 0 Å². The SMILES string of the molecule is CC[N-]Cc1ccccc1F.[Li+]. The molecule has 0 heterocycles.